The summed E-state index contributed by atoms with van der Waals surface area (Å²) < 4.78 is 0. The number of nitrogens with one attached hydrogen (secondary N) is 2. The number of carbonyl (C=O) groups excluding carboxylic acids is 2. The summed E-state index contributed by atoms with van der Waals surface area (Å²) in [5, 5.41) is 6.16. The van der Waals surface area contributed by atoms with E-state index in [9.17, 15) is 9.59 Å². The lowest BCUT2D eigenvalue weighted by atomic mass is 10.1. The molecule has 0 heterocycles. The Morgan fingerprint density at radius 2 is 1.80 bits per heavy atom. The third-order valence-electron chi connectivity index (χ3n) is 3.79. The molecule has 0 aliphatic rings. The summed E-state index contributed by atoms with van der Waals surface area (Å²) in [5.74, 6) is -0.126. The maximum Gasteiger partial charge on any atom is 0.317 e. The molecule has 0 saturated carbocycles. The molecule has 5 nitrogen and oxygen atoms in total. The summed E-state index contributed by atoms with van der Waals surface area (Å²) >= 11 is 5.95. The van der Waals surface area contributed by atoms with Crippen molar-refractivity contribution >= 4 is 23.5 Å². The zero-order valence-corrected chi connectivity index (χ0v) is 15.1. The molecule has 2 rings (SSSR count). The molecule has 0 saturated heterocycles. The number of urea groups is 1. The largest absolute Gasteiger partial charge is 0.355 e. The molecule has 0 radical (unpaired) electrons. The first kappa shape index (κ1) is 18.8. The highest BCUT2D eigenvalue weighted by atomic mass is 35.5. The second kappa shape index (κ2) is 9.08. The average Bonchev–Trinajstić information content (AvgIpc) is 2.61. The molecule has 0 aliphatic carbocycles. The quantitative estimate of drug-likeness (QED) is 0.832. The summed E-state index contributed by atoms with van der Waals surface area (Å²) in [6, 6.07) is 14.7. The Bertz CT molecular complexity index is 732. The van der Waals surface area contributed by atoms with Gasteiger partial charge in [-0.15, -0.1) is 0 Å². The lowest BCUT2D eigenvalue weighted by Crippen LogP contribution is -2.37. The second-order valence-corrected chi connectivity index (χ2v) is 6.18. The van der Waals surface area contributed by atoms with E-state index in [4.69, 9.17) is 11.6 Å². The van der Waals surface area contributed by atoms with Crippen LogP contribution in [0.15, 0.2) is 48.5 Å². The Kier molecular flexibility index (Phi) is 6.83. The molecular weight excluding hydrogens is 338 g/mol. The van der Waals surface area contributed by atoms with Crippen LogP contribution in [0.4, 0.5) is 4.79 Å². The van der Waals surface area contributed by atoms with Gasteiger partial charge in [0.25, 0.3) is 5.91 Å². The van der Waals surface area contributed by atoms with Crippen molar-refractivity contribution in [1.29, 1.82) is 0 Å². The van der Waals surface area contributed by atoms with E-state index in [2.05, 4.69) is 10.6 Å². The van der Waals surface area contributed by atoms with Crippen molar-refractivity contribution in [3.63, 3.8) is 0 Å². The first-order valence-corrected chi connectivity index (χ1v) is 8.42. The Morgan fingerprint density at radius 3 is 2.44 bits per heavy atom. The van der Waals surface area contributed by atoms with Crippen molar-refractivity contribution in [2.24, 2.45) is 0 Å². The molecule has 6 heteroatoms. The number of hydrogen-bond donors (Lipinski definition) is 2. The predicted molar refractivity (Wildman–Crippen MR) is 99.9 cm³/mol. The zero-order valence-electron chi connectivity index (χ0n) is 14.4. The van der Waals surface area contributed by atoms with Crippen LogP contribution in [-0.2, 0) is 13.0 Å². The van der Waals surface area contributed by atoms with Crippen molar-refractivity contribution in [3.8, 4) is 0 Å². The Balaban J connectivity index is 1.80. The van der Waals surface area contributed by atoms with Crippen LogP contribution < -0.4 is 10.6 Å². The van der Waals surface area contributed by atoms with E-state index in [1.165, 1.54) is 0 Å². The van der Waals surface area contributed by atoms with E-state index < -0.39 is 0 Å². The van der Waals surface area contributed by atoms with Crippen molar-refractivity contribution in [2.45, 2.75) is 13.0 Å². The second-order valence-electron chi connectivity index (χ2n) is 5.74. The normalized spacial score (nSPS) is 10.2. The van der Waals surface area contributed by atoms with Crippen LogP contribution in [0.2, 0.25) is 5.02 Å². The van der Waals surface area contributed by atoms with E-state index in [1.807, 2.05) is 36.4 Å². The van der Waals surface area contributed by atoms with Crippen LogP contribution in [0.25, 0.3) is 0 Å². The highest BCUT2D eigenvalue weighted by Gasteiger charge is 2.09. The molecule has 0 fully saturated rings. The minimum absolute atomic E-state index is 0.126. The Hall–Kier alpha value is -2.53. The maximum atomic E-state index is 12.2. The number of rotatable bonds is 6. The van der Waals surface area contributed by atoms with Gasteiger partial charge < -0.3 is 15.5 Å². The molecule has 2 aromatic rings. The highest BCUT2D eigenvalue weighted by molar-refractivity contribution is 6.30. The summed E-state index contributed by atoms with van der Waals surface area (Å²) in [7, 11) is 3.33. The van der Waals surface area contributed by atoms with Crippen molar-refractivity contribution < 1.29 is 9.59 Å². The molecule has 0 aliphatic heterocycles. The van der Waals surface area contributed by atoms with E-state index in [-0.39, 0.29) is 11.9 Å². The van der Waals surface area contributed by atoms with Crippen LogP contribution >= 0.6 is 11.6 Å². The van der Waals surface area contributed by atoms with Gasteiger partial charge in [-0.2, -0.15) is 0 Å². The number of benzene rings is 2. The van der Waals surface area contributed by atoms with E-state index in [0.29, 0.717) is 23.7 Å². The van der Waals surface area contributed by atoms with Gasteiger partial charge in [0.05, 0.1) is 0 Å². The summed E-state index contributed by atoms with van der Waals surface area (Å²) in [5.41, 5.74) is 2.64. The van der Waals surface area contributed by atoms with Gasteiger partial charge in [-0.05, 0) is 41.8 Å². The fraction of sp³-hybridized carbons (Fsp3) is 0.263. The molecule has 25 heavy (non-hydrogen) atoms. The molecule has 0 bridgehead atoms. The molecule has 0 unspecified atom stereocenters. The summed E-state index contributed by atoms with van der Waals surface area (Å²) in [6.45, 7) is 1.01. The average molecular weight is 360 g/mol. The third kappa shape index (κ3) is 5.80. The number of halogens is 1. The molecule has 0 atom stereocenters. The summed E-state index contributed by atoms with van der Waals surface area (Å²) in [4.78, 5) is 25.3. The highest BCUT2D eigenvalue weighted by Crippen LogP contribution is 2.11. The van der Waals surface area contributed by atoms with Crippen LogP contribution in [0.5, 0.6) is 0 Å². The number of carbonyl (C=O) groups is 2. The number of amides is 3. The van der Waals surface area contributed by atoms with E-state index in [1.54, 1.807) is 31.1 Å². The van der Waals surface area contributed by atoms with Gasteiger partial charge in [0.15, 0.2) is 0 Å². The molecule has 0 spiro atoms. The molecule has 132 valence electrons. The van der Waals surface area contributed by atoms with Gasteiger partial charge in [0.1, 0.15) is 0 Å². The molecule has 2 aromatic carbocycles. The van der Waals surface area contributed by atoms with Gasteiger partial charge in [-0.25, -0.2) is 4.79 Å². The third-order valence-corrected chi connectivity index (χ3v) is 4.02. The molecule has 2 N–H and O–H groups in total. The van der Waals surface area contributed by atoms with Crippen molar-refractivity contribution in [1.82, 2.24) is 15.5 Å². The first-order valence-electron chi connectivity index (χ1n) is 8.04. The van der Waals surface area contributed by atoms with E-state index in [0.717, 1.165) is 17.5 Å². The molecule has 3 amide bonds. The van der Waals surface area contributed by atoms with Gasteiger partial charge >= 0.3 is 6.03 Å². The standard InChI is InChI=1S/C19H22ClN3O2/c1-21-18(24)16-8-6-15(7-9-16)13-23(2)19(25)22-11-10-14-4-3-5-17(20)12-14/h3-9,12H,10-11,13H2,1-2H3,(H,21,24)(H,22,25). The van der Waals surface area contributed by atoms with Gasteiger partial charge in [-0.1, -0.05) is 35.9 Å². The Labute approximate surface area is 153 Å². The predicted octanol–water partition coefficient (Wildman–Crippen LogP) is 3.08. The number of hydrogen-bond acceptors (Lipinski definition) is 2. The van der Waals surface area contributed by atoms with Gasteiger partial charge in [0, 0.05) is 37.8 Å². The summed E-state index contributed by atoms with van der Waals surface area (Å²) in [6.07, 6.45) is 0.723. The maximum absolute atomic E-state index is 12.2. The SMILES string of the molecule is CNC(=O)c1ccc(CN(C)C(=O)NCCc2cccc(Cl)c2)cc1. The van der Waals surface area contributed by atoms with Gasteiger partial charge in [-0.3, -0.25) is 4.79 Å². The zero-order chi connectivity index (χ0) is 18.2. The topological polar surface area (TPSA) is 61.4 Å². The van der Waals surface area contributed by atoms with Gasteiger partial charge in [0.2, 0.25) is 0 Å². The van der Waals surface area contributed by atoms with Crippen molar-refractivity contribution in [3.05, 3.63) is 70.2 Å². The van der Waals surface area contributed by atoms with Crippen LogP contribution in [0.1, 0.15) is 21.5 Å². The fourth-order valence-corrected chi connectivity index (χ4v) is 2.61. The van der Waals surface area contributed by atoms with E-state index >= 15 is 0 Å². The molecular formula is C19H22ClN3O2. The Morgan fingerprint density at radius 1 is 1.08 bits per heavy atom. The first-order chi connectivity index (χ1) is 12.0. The minimum Gasteiger partial charge on any atom is -0.355 e. The van der Waals surface area contributed by atoms with Crippen LogP contribution in [0, 0.1) is 0 Å². The fourth-order valence-electron chi connectivity index (χ4n) is 2.39. The smallest absolute Gasteiger partial charge is 0.317 e. The molecule has 0 aromatic heterocycles. The number of nitrogens with zero attached hydrogens (tertiary/aromatic N) is 1. The lowest BCUT2D eigenvalue weighted by Gasteiger charge is -2.18. The lowest BCUT2D eigenvalue weighted by molar-refractivity contribution is 0.0963. The monoisotopic (exact) mass is 359 g/mol. The van der Waals surface area contributed by atoms with Crippen molar-refractivity contribution in [2.75, 3.05) is 20.6 Å². The minimum atomic E-state index is -0.141. The van der Waals surface area contributed by atoms with Crippen LogP contribution in [0.3, 0.4) is 0 Å². The van der Waals surface area contributed by atoms with Crippen LogP contribution in [-0.4, -0.2) is 37.5 Å².